The molecule has 3 N–H and O–H groups in total. The van der Waals surface area contributed by atoms with Gasteiger partial charge in [0.25, 0.3) is 0 Å². The highest BCUT2D eigenvalue weighted by Gasteiger charge is 2.14. The molecule has 0 aliphatic heterocycles. The van der Waals surface area contributed by atoms with E-state index >= 15 is 0 Å². The molecule has 0 fully saturated rings. The molecule has 1 aromatic heterocycles. The Hall–Kier alpha value is -1.66. The molecular formula is C9H10ClN3O3. The zero-order valence-electron chi connectivity index (χ0n) is 8.24. The molecule has 0 saturated carbocycles. The van der Waals surface area contributed by atoms with E-state index in [-0.39, 0.29) is 24.0 Å². The van der Waals surface area contributed by atoms with Crippen molar-refractivity contribution in [1.29, 1.82) is 0 Å². The minimum Gasteiger partial charge on any atom is -0.395 e. The summed E-state index contributed by atoms with van der Waals surface area (Å²) < 4.78 is 0. The number of rotatable bonds is 3. The van der Waals surface area contributed by atoms with Gasteiger partial charge in [0.05, 0.1) is 12.3 Å². The SMILES string of the molecule is O=C(NCCO)C(=O)Nc1cccnc1Cl. The molecule has 0 aromatic carbocycles. The summed E-state index contributed by atoms with van der Waals surface area (Å²) in [7, 11) is 0. The maximum atomic E-state index is 11.3. The molecule has 0 atom stereocenters. The molecule has 0 saturated heterocycles. The second kappa shape index (κ2) is 6.04. The molecule has 6 nitrogen and oxygen atoms in total. The Bertz CT molecular complexity index is 397. The Balaban J connectivity index is 2.58. The van der Waals surface area contributed by atoms with Gasteiger partial charge in [-0.15, -0.1) is 0 Å². The first kappa shape index (κ1) is 12.4. The smallest absolute Gasteiger partial charge is 0.313 e. The molecule has 0 spiro atoms. The van der Waals surface area contributed by atoms with Crippen molar-refractivity contribution in [1.82, 2.24) is 10.3 Å². The van der Waals surface area contributed by atoms with Gasteiger partial charge in [0.15, 0.2) is 5.15 Å². The number of carbonyl (C=O) groups excluding carboxylic acids is 2. The Morgan fingerprint density at radius 2 is 2.19 bits per heavy atom. The van der Waals surface area contributed by atoms with Gasteiger partial charge in [-0.2, -0.15) is 0 Å². The largest absolute Gasteiger partial charge is 0.395 e. The predicted octanol–water partition coefficient (Wildman–Crippen LogP) is -0.218. The van der Waals surface area contributed by atoms with Crippen molar-refractivity contribution in [3.8, 4) is 0 Å². The van der Waals surface area contributed by atoms with E-state index < -0.39 is 11.8 Å². The molecule has 0 bridgehead atoms. The van der Waals surface area contributed by atoms with Crippen LogP contribution >= 0.6 is 11.6 Å². The fourth-order valence-electron chi connectivity index (χ4n) is 0.908. The molecule has 1 heterocycles. The van der Waals surface area contributed by atoms with Gasteiger partial charge >= 0.3 is 11.8 Å². The van der Waals surface area contributed by atoms with E-state index in [1.807, 2.05) is 0 Å². The summed E-state index contributed by atoms with van der Waals surface area (Å²) in [5.41, 5.74) is 0.258. The lowest BCUT2D eigenvalue weighted by atomic mass is 10.4. The van der Waals surface area contributed by atoms with Crippen LogP contribution in [0, 0.1) is 0 Å². The zero-order valence-corrected chi connectivity index (χ0v) is 8.99. The fourth-order valence-corrected chi connectivity index (χ4v) is 1.07. The van der Waals surface area contributed by atoms with E-state index in [4.69, 9.17) is 16.7 Å². The Morgan fingerprint density at radius 1 is 1.44 bits per heavy atom. The van der Waals surface area contributed by atoms with Gasteiger partial charge in [-0.1, -0.05) is 11.6 Å². The standard InChI is InChI=1S/C9H10ClN3O3/c10-7-6(2-1-3-11-7)13-9(16)8(15)12-4-5-14/h1-3,14H,4-5H2,(H,12,15)(H,13,16). The normalized spacial score (nSPS) is 9.62. The first-order valence-corrected chi connectivity index (χ1v) is 4.83. The summed E-state index contributed by atoms with van der Waals surface area (Å²) in [6.07, 6.45) is 1.46. The molecule has 2 amide bonds. The highest BCUT2D eigenvalue weighted by molar-refractivity contribution is 6.41. The minimum atomic E-state index is -0.858. The number of anilines is 1. The summed E-state index contributed by atoms with van der Waals surface area (Å²) in [6, 6.07) is 3.10. The van der Waals surface area contributed by atoms with E-state index in [0.29, 0.717) is 0 Å². The van der Waals surface area contributed by atoms with Crippen molar-refractivity contribution in [3.05, 3.63) is 23.5 Å². The van der Waals surface area contributed by atoms with Crippen LogP contribution in [-0.4, -0.2) is 35.1 Å². The fraction of sp³-hybridized carbons (Fsp3) is 0.222. The molecule has 16 heavy (non-hydrogen) atoms. The molecule has 0 radical (unpaired) electrons. The van der Waals surface area contributed by atoms with Crippen LogP contribution in [0.25, 0.3) is 0 Å². The number of halogens is 1. The quantitative estimate of drug-likeness (QED) is 0.506. The van der Waals surface area contributed by atoms with Crippen LogP contribution in [0.3, 0.4) is 0 Å². The second-order valence-electron chi connectivity index (χ2n) is 2.78. The van der Waals surface area contributed by atoms with Gasteiger partial charge in [-0.25, -0.2) is 4.98 Å². The summed E-state index contributed by atoms with van der Waals surface area (Å²) in [5.74, 6) is -1.70. The molecular weight excluding hydrogens is 234 g/mol. The molecule has 0 aliphatic carbocycles. The van der Waals surface area contributed by atoms with Crippen LogP contribution in [0.5, 0.6) is 0 Å². The van der Waals surface area contributed by atoms with Crippen LogP contribution in [0.2, 0.25) is 5.15 Å². The summed E-state index contributed by atoms with van der Waals surface area (Å²) >= 11 is 5.68. The predicted molar refractivity (Wildman–Crippen MR) is 58.0 cm³/mol. The average molecular weight is 244 g/mol. The molecule has 1 rings (SSSR count). The Labute approximate surface area is 96.6 Å². The van der Waals surface area contributed by atoms with Crippen LogP contribution < -0.4 is 10.6 Å². The number of nitrogens with one attached hydrogen (secondary N) is 2. The third-order valence-electron chi connectivity index (χ3n) is 1.61. The van der Waals surface area contributed by atoms with E-state index in [2.05, 4.69) is 15.6 Å². The van der Waals surface area contributed by atoms with Gasteiger partial charge in [0.1, 0.15) is 0 Å². The number of aliphatic hydroxyl groups is 1. The number of carbonyl (C=O) groups is 2. The van der Waals surface area contributed by atoms with E-state index in [1.165, 1.54) is 12.3 Å². The lowest BCUT2D eigenvalue weighted by Crippen LogP contribution is -2.36. The minimum absolute atomic E-state index is 0.0209. The topological polar surface area (TPSA) is 91.3 Å². The monoisotopic (exact) mass is 243 g/mol. The number of aliphatic hydroxyl groups excluding tert-OH is 1. The highest BCUT2D eigenvalue weighted by Crippen LogP contribution is 2.16. The van der Waals surface area contributed by atoms with Crippen LogP contribution in [0.15, 0.2) is 18.3 Å². The first-order valence-electron chi connectivity index (χ1n) is 4.45. The highest BCUT2D eigenvalue weighted by atomic mass is 35.5. The van der Waals surface area contributed by atoms with Crippen molar-refractivity contribution in [2.75, 3.05) is 18.5 Å². The zero-order chi connectivity index (χ0) is 12.0. The van der Waals surface area contributed by atoms with Gasteiger partial charge in [-0.3, -0.25) is 9.59 Å². The summed E-state index contributed by atoms with van der Waals surface area (Å²) in [6.45, 7) is -0.209. The lowest BCUT2D eigenvalue weighted by molar-refractivity contribution is -0.136. The maximum Gasteiger partial charge on any atom is 0.313 e. The number of aromatic nitrogens is 1. The van der Waals surface area contributed by atoms with Gasteiger partial charge in [-0.05, 0) is 12.1 Å². The maximum absolute atomic E-state index is 11.3. The van der Waals surface area contributed by atoms with Gasteiger partial charge in [0.2, 0.25) is 0 Å². The van der Waals surface area contributed by atoms with Crippen molar-refractivity contribution in [3.63, 3.8) is 0 Å². The van der Waals surface area contributed by atoms with Crippen LogP contribution in [-0.2, 0) is 9.59 Å². The van der Waals surface area contributed by atoms with Gasteiger partial charge in [0, 0.05) is 12.7 Å². The summed E-state index contributed by atoms with van der Waals surface area (Å²) in [4.78, 5) is 26.1. The lowest BCUT2D eigenvalue weighted by Gasteiger charge is -2.05. The van der Waals surface area contributed by atoms with Crippen LogP contribution in [0.4, 0.5) is 5.69 Å². The molecule has 0 unspecified atom stereocenters. The molecule has 86 valence electrons. The van der Waals surface area contributed by atoms with Crippen molar-refractivity contribution < 1.29 is 14.7 Å². The summed E-state index contributed by atoms with van der Waals surface area (Å²) in [5, 5.41) is 13.1. The second-order valence-corrected chi connectivity index (χ2v) is 3.13. The number of hydrogen-bond donors (Lipinski definition) is 3. The Morgan fingerprint density at radius 3 is 2.81 bits per heavy atom. The van der Waals surface area contributed by atoms with E-state index in [1.54, 1.807) is 6.07 Å². The third-order valence-corrected chi connectivity index (χ3v) is 1.91. The average Bonchev–Trinajstić information content (AvgIpc) is 2.28. The third kappa shape index (κ3) is 3.48. The van der Waals surface area contributed by atoms with E-state index in [9.17, 15) is 9.59 Å². The van der Waals surface area contributed by atoms with Crippen molar-refractivity contribution in [2.45, 2.75) is 0 Å². The number of nitrogens with zero attached hydrogens (tertiary/aromatic N) is 1. The number of amides is 2. The molecule has 7 heteroatoms. The molecule has 1 aromatic rings. The van der Waals surface area contributed by atoms with E-state index in [0.717, 1.165) is 0 Å². The van der Waals surface area contributed by atoms with Crippen molar-refractivity contribution >= 4 is 29.1 Å². The number of hydrogen-bond acceptors (Lipinski definition) is 4. The first-order chi connectivity index (χ1) is 7.65. The van der Waals surface area contributed by atoms with Crippen LogP contribution in [0.1, 0.15) is 0 Å². The van der Waals surface area contributed by atoms with Crippen molar-refractivity contribution in [2.24, 2.45) is 0 Å². The van der Waals surface area contributed by atoms with Gasteiger partial charge < -0.3 is 15.7 Å². The number of pyridine rings is 1. The Kier molecular flexibility index (Phi) is 4.68. The molecule has 0 aliphatic rings.